The van der Waals surface area contributed by atoms with Gasteiger partial charge in [0.25, 0.3) is 5.69 Å². The lowest BCUT2D eigenvalue weighted by Crippen LogP contribution is -2.50. The number of nitrogens with zero attached hydrogens (tertiary/aromatic N) is 2. The standard InChI is InChI=1S/C33H21BrN2O7/c34-33-23-10-4-1-7-20(23)27(21-8-2-5-11-24(21)33)28-29(33)31(39)35(30(28)38)25-12-6-3-9-22(25)32(40)43-17-26(37)18-13-15-19(16-14-18)36(41)42/h1-16,27-29H,17H2/t27?,28-,29+,33?/m1/s1. The number of esters is 1. The van der Waals surface area contributed by atoms with Gasteiger partial charge in [-0.3, -0.25) is 24.5 Å². The first-order chi connectivity index (χ1) is 20.7. The van der Waals surface area contributed by atoms with Crippen molar-refractivity contribution in [2.45, 2.75) is 10.2 Å². The van der Waals surface area contributed by atoms with Crippen LogP contribution in [0.4, 0.5) is 11.4 Å². The molecule has 3 aliphatic carbocycles. The van der Waals surface area contributed by atoms with Crippen LogP contribution in [0, 0.1) is 22.0 Å². The summed E-state index contributed by atoms with van der Waals surface area (Å²) in [7, 11) is 0. The number of alkyl halides is 1. The van der Waals surface area contributed by atoms with Gasteiger partial charge in [0.15, 0.2) is 12.4 Å². The van der Waals surface area contributed by atoms with Gasteiger partial charge in [-0.25, -0.2) is 9.69 Å². The Balaban J connectivity index is 1.21. The van der Waals surface area contributed by atoms with E-state index < -0.39 is 51.3 Å². The Morgan fingerprint density at radius 2 is 1.42 bits per heavy atom. The van der Waals surface area contributed by atoms with Gasteiger partial charge in [0.05, 0.1) is 32.3 Å². The highest BCUT2D eigenvalue weighted by Crippen LogP contribution is 2.66. The average molecular weight is 637 g/mol. The molecule has 0 saturated carbocycles. The number of para-hydroxylation sites is 1. The van der Waals surface area contributed by atoms with Gasteiger partial charge < -0.3 is 4.74 Å². The number of ether oxygens (including phenoxy) is 1. The van der Waals surface area contributed by atoms with Crippen molar-refractivity contribution in [2.24, 2.45) is 11.8 Å². The number of non-ortho nitro benzene ring substituents is 1. The van der Waals surface area contributed by atoms with Gasteiger partial charge in [-0.1, -0.05) is 76.6 Å². The number of amides is 2. The molecule has 1 heterocycles. The Hall–Kier alpha value is -4.96. The van der Waals surface area contributed by atoms with Crippen LogP contribution >= 0.6 is 15.9 Å². The lowest BCUT2D eigenvalue weighted by Gasteiger charge is -2.51. The average Bonchev–Trinajstić information content (AvgIpc) is 3.30. The molecule has 0 spiro atoms. The molecule has 0 aromatic heterocycles. The largest absolute Gasteiger partial charge is 0.454 e. The minimum atomic E-state index is -0.937. The molecule has 0 radical (unpaired) electrons. The molecule has 0 unspecified atom stereocenters. The summed E-state index contributed by atoms with van der Waals surface area (Å²) in [4.78, 5) is 65.8. The van der Waals surface area contributed by atoms with Crippen LogP contribution in [-0.4, -0.2) is 35.1 Å². The maximum Gasteiger partial charge on any atom is 0.340 e. The van der Waals surface area contributed by atoms with Crippen LogP contribution in [0.3, 0.4) is 0 Å². The number of rotatable bonds is 6. The summed E-state index contributed by atoms with van der Waals surface area (Å²) in [6.45, 7) is -0.630. The van der Waals surface area contributed by atoms with Crippen molar-refractivity contribution in [1.82, 2.24) is 0 Å². The minimum absolute atomic E-state index is 0.0367. The summed E-state index contributed by atoms with van der Waals surface area (Å²) in [6, 6.07) is 26.8. The summed E-state index contributed by atoms with van der Waals surface area (Å²) >= 11 is 3.96. The van der Waals surface area contributed by atoms with Crippen molar-refractivity contribution in [1.29, 1.82) is 0 Å². The summed E-state index contributed by atoms with van der Waals surface area (Å²) in [5.74, 6) is -4.06. The van der Waals surface area contributed by atoms with E-state index in [1.807, 2.05) is 48.5 Å². The van der Waals surface area contributed by atoms with Crippen LogP contribution in [-0.2, 0) is 18.7 Å². The quantitative estimate of drug-likeness (QED) is 0.0680. The zero-order chi connectivity index (χ0) is 30.0. The number of carbonyl (C=O) groups excluding carboxylic acids is 4. The van der Waals surface area contributed by atoms with Gasteiger partial charge in [-0.15, -0.1) is 0 Å². The molecular formula is C33H21BrN2O7. The van der Waals surface area contributed by atoms with Crippen molar-refractivity contribution in [3.05, 3.63) is 141 Å². The number of nitro groups is 1. The topological polar surface area (TPSA) is 124 Å². The molecule has 8 rings (SSSR count). The normalized spacial score (nSPS) is 22.9. The Morgan fingerprint density at radius 1 is 0.837 bits per heavy atom. The van der Waals surface area contributed by atoms with Crippen LogP contribution in [0.2, 0.25) is 0 Å². The van der Waals surface area contributed by atoms with Crippen LogP contribution < -0.4 is 4.90 Å². The third kappa shape index (κ3) is 3.82. The molecule has 0 N–H and O–H groups in total. The maximum absolute atomic E-state index is 14.3. The summed E-state index contributed by atoms with van der Waals surface area (Å²) in [6.07, 6.45) is 0. The van der Waals surface area contributed by atoms with E-state index >= 15 is 0 Å². The van der Waals surface area contributed by atoms with Crippen molar-refractivity contribution in [2.75, 3.05) is 11.5 Å². The number of benzene rings is 4. The van der Waals surface area contributed by atoms with Gasteiger partial charge in [-0.05, 0) is 46.5 Å². The van der Waals surface area contributed by atoms with Crippen molar-refractivity contribution < 1.29 is 28.8 Å². The molecule has 43 heavy (non-hydrogen) atoms. The first kappa shape index (κ1) is 26.9. The van der Waals surface area contributed by atoms with E-state index in [9.17, 15) is 29.3 Å². The second-order valence-electron chi connectivity index (χ2n) is 10.7. The predicted molar refractivity (Wildman–Crippen MR) is 158 cm³/mol. The molecule has 4 aromatic carbocycles. The fourth-order valence-corrected chi connectivity index (χ4v) is 8.02. The molecule has 2 amide bonds. The molecule has 10 heteroatoms. The Morgan fingerprint density at radius 3 is 2.05 bits per heavy atom. The van der Waals surface area contributed by atoms with Crippen LogP contribution in [0.1, 0.15) is 48.9 Å². The van der Waals surface area contributed by atoms with E-state index in [-0.39, 0.29) is 28.4 Å². The number of hydrogen-bond acceptors (Lipinski definition) is 7. The van der Waals surface area contributed by atoms with Crippen LogP contribution in [0.25, 0.3) is 0 Å². The van der Waals surface area contributed by atoms with Gasteiger partial charge in [0.1, 0.15) is 0 Å². The molecule has 2 atom stereocenters. The fourth-order valence-electron chi connectivity index (χ4n) is 6.82. The third-order valence-electron chi connectivity index (χ3n) is 8.61. The number of Topliss-reactive ketones (excluding diaryl/α,β-unsaturated/α-hetero) is 1. The first-order valence-electron chi connectivity index (χ1n) is 13.5. The van der Waals surface area contributed by atoms with E-state index in [0.29, 0.717) is 0 Å². The Labute approximate surface area is 253 Å². The van der Waals surface area contributed by atoms with E-state index in [1.54, 1.807) is 12.1 Å². The lowest BCUT2D eigenvalue weighted by molar-refractivity contribution is -0.384. The number of imide groups is 1. The molecule has 9 nitrogen and oxygen atoms in total. The number of ketones is 1. The van der Waals surface area contributed by atoms with E-state index in [1.165, 1.54) is 36.4 Å². The second-order valence-corrected chi connectivity index (χ2v) is 12.0. The molecule has 1 aliphatic heterocycles. The van der Waals surface area contributed by atoms with Crippen LogP contribution in [0.15, 0.2) is 97.1 Å². The number of anilines is 1. The van der Waals surface area contributed by atoms with Gasteiger partial charge >= 0.3 is 5.97 Å². The van der Waals surface area contributed by atoms with Gasteiger partial charge in [0, 0.05) is 23.6 Å². The maximum atomic E-state index is 14.3. The SMILES string of the molecule is O=C(COC(=O)c1ccccc1N1C(=O)[C@@H]2C3c4ccccc4C(Br)(c4ccccc43)[C@@H]2C1=O)c1ccc([N+](=O)[O-])cc1. The third-order valence-corrected chi connectivity index (χ3v) is 9.96. The minimum Gasteiger partial charge on any atom is -0.454 e. The van der Waals surface area contributed by atoms with Gasteiger partial charge in [-0.2, -0.15) is 0 Å². The molecule has 1 saturated heterocycles. The predicted octanol–water partition coefficient (Wildman–Crippen LogP) is 5.54. The second kappa shape index (κ2) is 9.81. The Bertz CT molecular complexity index is 1840. The number of carbonyl (C=O) groups is 4. The highest BCUT2D eigenvalue weighted by molar-refractivity contribution is 9.09. The fraction of sp³-hybridized carbons (Fsp3) is 0.152. The zero-order valence-electron chi connectivity index (χ0n) is 22.3. The summed E-state index contributed by atoms with van der Waals surface area (Å²) < 4.78 is 4.37. The summed E-state index contributed by atoms with van der Waals surface area (Å²) in [5, 5.41) is 10.9. The molecule has 212 valence electrons. The first-order valence-corrected chi connectivity index (χ1v) is 14.3. The van der Waals surface area contributed by atoms with E-state index in [0.717, 1.165) is 27.2 Å². The van der Waals surface area contributed by atoms with Gasteiger partial charge in [0.2, 0.25) is 11.8 Å². The smallest absolute Gasteiger partial charge is 0.340 e. The van der Waals surface area contributed by atoms with Crippen LogP contribution in [0.5, 0.6) is 0 Å². The van der Waals surface area contributed by atoms with E-state index in [2.05, 4.69) is 15.9 Å². The lowest BCUT2D eigenvalue weighted by atomic mass is 9.55. The van der Waals surface area contributed by atoms with Crippen molar-refractivity contribution in [3.8, 4) is 0 Å². The molecule has 4 aromatic rings. The highest BCUT2D eigenvalue weighted by atomic mass is 79.9. The highest BCUT2D eigenvalue weighted by Gasteiger charge is 2.67. The molecule has 4 aliphatic rings. The number of halogens is 1. The molecule has 2 bridgehead atoms. The van der Waals surface area contributed by atoms with E-state index in [4.69, 9.17) is 4.74 Å². The molecule has 1 fully saturated rings. The monoisotopic (exact) mass is 636 g/mol. The number of nitro benzene ring substituents is 1. The van der Waals surface area contributed by atoms with Crippen molar-refractivity contribution >= 4 is 50.9 Å². The number of hydrogen-bond donors (Lipinski definition) is 0. The van der Waals surface area contributed by atoms with Crippen molar-refractivity contribution in [3.63, 3.8) is 0 Å². The zero-order valence-corrected chi connectivity index (χ0v) is 23.9. The molecular weight excluding hydrogens is 616 g/mol. The summed E-state index contributed by atoms with van der Waals surface area (Å²) in [5.41, 5.74) is 3.87. The Kier molecular flexibility index (Phi) is 6.14.